The first kappa shape index (κ1) is 19.5. The summed E-state index contributed by atoms with van der Waals surface area (Å²) in [5.74, 6) is -0.0672. The van der Waals surface area contributed by atoms with Gasteiger partial charge in [-0.1, -0.05) is 66.7 Å². The summed E-state index contributed by atoms with van der Waals surface area (Å²) in [5.41, 5.74) is 2.73. The predicted octanol–water partition coefficient (Wildman–Crippen LogP) is 3.66. The van der Waals surface area contributed by atoms with E-state index >= 15 is 0 Å². The number of carbonyl (C=O) groups excluding carboxylic acids is 2. The van der Waals surface area contributed by atoms with Crippen molar-refractivity contribution in [1.29, 1.82) is 0 Å². The van der Waals surface area contributed by atoms with Crippen molar-refractivity contribution in [2.75, 3.05) is 44.2 Å². The standard InChI is InChI=1S/C26H25N3O2/c30-24(19-29-23-13-5-11-21-10-4-12-22(25(21)23)26(29)31)28-17-15-27(16-18-28)14-6-9-20-7-2-1-3-8-20/h1-13H,14-19H2/b9-6+. The van der Waals surface area contributed by atoms with Gasteiger partial charge in [0.25, 0.3) is 5.91 Å². The molecule has 0 bridgehead atoms. The van der Waals surface area contributed by atoms with E-state index in [2.05, 4.69) is 29.2 Å². The van der Waals surface area contributed by atoms with E-state index in [-0.39, 0.29) is 18.4 Å². The molecule has 0 aliphatic carbocycles. The quantitative estimate of drug-likeness (QED) is 0.644. The minimum Gasteiger partial charge on any atom is -0.339 e. The van der Waals surface area contributed by atoms with Gasteiger partial charge in [-0.2, -0.15) is 0 Å². The van der Waals surface area contributed by atoms with Gasteiger partial charge in [0.05, 0.1) is 5.69 Å². The Morgan fingerprint density at radius 1 is 0.871 bits per heavy atom. The molecular formula is C26H25N3O2. The summed E-state index contributed by atoms with van der Waals surface area (Å²) in [7, 11) is 0. The highest BCUT2D eigenvalue weighted by molar-refractivity contribution is 6.26. The lowest BCUT2D eigenvalue weighted by atomic mass is 10.1. The Morgan fingerprint density at radius 3 is 2.39 bits per heavy atom. The normalized spacial score (nSPS) is 16.6. The molecule has 5 nitrogen and oxygen atoms in total. The van der Waals surface area contributed by atoms with Crippen molar-refractivity contribution in [3.63, 3.8) is 0 Å². The van der Waals surface area contributed by atoms with Crippen LogP contribution >= 0.6 is 0 Å². The lowest BCUT2D eigenvalue weighted by molar-refractivity contribution is -0.131. The van der Waals surface area contributed by atoms with E-state index in [0.29, 0.717) is 18.7 Å². The zero-order valence-electron chi connectivity index (χ0n) is 17.4. The molecule has 31 heavy (non-hydrogen) atoms. The molecule has 2 heterocycles. The lowest BCUT2D eigenvalue weighted by Crippen LogP contribution is -2.51. The molecule has 2 aliphatic rings. The molecular weight excluding hydrogens is 386 g/mol. The fraction of sp³-hybridized carbons (Fsp3) is 0.231. The smallest absolute Gasteiger partial charge is 0.259 e. The maximum Gasteiger partial charge on any atom is 0.259 e. The van der Waals surface area contributed by atoms with Crippen LogP contribution < -0.4 is 4.90 Å². The van der Waals surface area contributed by atoms with Crippen LogP contribution in [0.1, 0.15) is 15.9 Å². The molecule has 0 saturated carbocycles. The van der Waals surface area contributed by atoms with Gasteiger partial charge in [0.15, 0.2) is 0 Å². The van der Waals surface area contributed by atoms with Gasteiger partial charge in [0.2, 0.25) is 5.91 Å². The topological polar surface area (TPSA) is 43.9 Å². The third-order valence-corrected chi connectivity index (χ3v) is 6.14. The van der Waals surface area contributed by atoms with Gasteiger partial charge >= 0.3 is 0 Å². The number of rotatable bonds is 5. The third kappa shape index (κ3) is 3.84. The zero-order chi connectivity index (χ0) is 21.2. The molecule has 0 spiro atoms. The maximum absolute atomic E-state index is 13.0. The number of hydrogen-bond acceptors (Lipinski definition) is 3. The van der Waals surface area contributed by atoms with Crippen LogP contribution in [0, 0.1) is 0 Å². The van der Waals surface area contributed by atoms with Crippen LogP contribution in [0.4, 0.5) is 5.69 Å². The average Bonchev–Trinajstić information content (AvgIpc) is 3.08. The molecule has 2 aliphatic heterocycles. The Labute approximate surface area is 182 Å². The van der Waals surface area contributed by atoms with Gasteiger partial charge in [-0.15, -0.1) is 0 Å². The number of nitrogens with zero attached hydrogens (tertiary/aromatic N) is 3. The van der Waals surface area contributed by atoms with E-state index in [1.165, 1.54) is 5.56 Å². The van der Waals surface area contributed by atoms with E-state index in [1.807, 2.05) is 59.5 Å². The second kappa shape index (κ2) is 8.36. The molecule has 156 valence electrons. The average molecular weight is 412 g/mol. The molecule has 3 aromatic carbocycles. The summed E-state index contributed by atoms with van der Waals surface area (Å²) < 4.78 is 0. The number of piperazine rings is 1. The molecule has 0 unspecified atom stereocenters. The fourth-order valence-electron chi connectivity index (χ4n) is 4.45. The highest BCUT2D eigenvalue weighted by atomic mass is 16.2. The molecule has 0 radical (unpaired) electrons. The van der Waals surface area contributed by atoms with Gasteiger partial charge in [-0.3, -0.25) is 19.4 Å². The third-order valence-electron chi connectivity index (χ3n) is 6.14. The van der Waals surface area contributed by atoms with Gasteiger partial charge in [-0.05, 0) is 23.1 Å². The van der Waals surface area contributed by atoms with Gasteiger partial charge in [-0.25, -0.2) is 0 Å². The first-order chi connectivity index (χ1) is 15.2. The minimum atomic E-state index is -0.0789. The van der Waals surface area contributed by atoms with Crippen LogP contribution in [-0.2, 0) is 4.79 Å². The zero-order valence-corrected chi connectivity index (χ0v) is 17.4. The first-order valence-corrected chi connectivity index (χ1v) is 10.8. The van der Waals surface area contributed by atoms with E-state index in [0.717, 1.165) is 36.1 Å². The maximum atomic E-state index is 13.0. The molecule has 1 saturated heterocycles. The van der Waals surface area contributed by atoms with Crippen LogP contribution in [0.5, 0.6) is 0 Å². The van der Waals surface area contributed by atoms with Crippen molar-refractivity contribution < 1.29 is 9.59 Å². The number of amides is 2. The summed E-state index contributed by atoms with van der Waals surface area (Å²) in [6, 6.07) is 21.9. The number of benzene rings is 3. The van der Waals surface area contributed by atoms with Crippen molar-refractivity contribution in [2.24, 2.45) is 0 Å². The van der Waals surface area contributed by atoms with E-state index in [9.17, 15) is 9.59 Å². The van der Waals surface area contributed by atoms with E-state index in [1.54, 1.807) is 4.90 Å². The predicted molar refractivity (Wildman–Crippen MR) is 124 cm³/mol. The summed E-state index contributed by atoms with van der Waals surface area (Å²) in [6.45, 7) is 4.04. The van der Waals surface area contributed by atoms with Crippen molar-refractivity contribution in [2.45, 2.75) is 0 Å². The second-order valence-electron chi connectivity index (χ2n) is 8.07. The molecule has 2 amide bonds. The largest absolute Gasteiger partial charge is 0.339 e. The Balaban J connectivity index is 1.18. The van der Waals surface area contributed by atoms with E-state index in [4.69, 9.17) is 0 Å². The minimum absolute atomic E-state index is 0.0117. The Bertz CT molecular complexity index is 1140. The number of carbonyl (C=O) groups is 2. The summed E-state index contributed by atoms with van der Waals surface area (Å²) in [6.07, 6.45) is 4.31. The highest BCUT2D eigenvalue weighted by Crippen LogP contribution is 2.37. The SMILES string of the molecule is O=C(CN1C(=O)c2cccc3cccc1c23)N1CCN(C/C=C/c2ccccc2)CC1. The van der Waals surface area contributed by atoms with Crippen molar-refractivity contribution in [1.82, 2.24) is 9.80 Å². The highest BCUT2D eigenvalue weighted by Gasteiger charge is 2.32. The summed E-state index contributed by atoms with van der Waals surface area (Å²) in [5, 5.41) is 1.99. The summed E-state index contributed by atoms with van der Waals surface area (Å²) >= 11 is 0. The van der Waals surface area contributed by atoms with Crippen molar-refractivity contribution >= 4 is 34.4 Å². The summed E-state index contributed by atoms with van der Waals surface area (Å²) in [4.78, 5) is 31.8. The van der Waals surface area contributed by atoms with Crippen molar-refractivity contribution in [3.05, 3.63) is 83.9 Å². The van der Waals surface area contributed by atoms with Crippen molar-refractivity contribution in [3.8, 4) is 0 Å². The molecule has 3 aromatic rings. The molecule has 5 heteroatoms. The van der Waals surface area contributed by atoms with Crippen LogP contribution in [0.15, 0.2) is 72.8 Å². The Hall–Kier alpha value is -3.44. The van der Waals surface area contributed by atoms with Crippen LogP contribution in [0.3, 0.4) is 0 Å². The number of anilines is 1. The Morgan fingerprint density at radius 2 is 1.61 bits per heavy atom. The van der Waals surface area contributed by atoms with Crippen LogP contribution in [0.2, 0.25) is 0 Å². The first-order valence-electron chi connectivity index (χ1n) is 10.8. The van der Waals surface area contributed by atoms with Gasteiger partial charge in [0.1, 0.15) is 6.54 Å². The fourth-order valence-corrected chi connectivity index (χ4v) is 4.45. The molecule has 0 N–H and O–H groups in total. The Kier molecular flexibility index (Phi) is 5.26. The van der Waals surface area contributed by atoms with Gasteiger partial charge in [0, 0.05) is 43.7 Å². The second-order valence-corrected chi connectivity index (χ2v) is 8.07. The van der Waals surface area contributed by atoms with E-state index < -0.39 is 0 Å². The monoisotopic (exact) mass is 411 g/mol. The molecule has 0 aromatic heterocycles. The van der Waals surface area contributed by atoms with Gasteiger partial charge < -0.3 is 4.90 Å². The number of hydrogen-bond donors (Lipinski definition) is 0. The van der Waals surface area contributed by atoms with Crippen LogP contribution in [-0.4, -0.2) is 60.9 Å². The lowest BCUT2D eigenvalue weighted by Gasteiger charge is -2.35. The molecule has 0 atom stereocenters. The van der Waals surface area contributed by atoms with Crippen LogP contribution in [0.25, 0.3) is 16.8 Å². The molecule has 1 fully saturated rings. The molecule has 5 rings (SSSR count).